The van der Waals surface area contributed by atoms with Crippen molar-refractivity contribution in [3.63, 3.8) is 0 Å². The van der Waals surface area contributed by atoms with Gasteiger partial charge in [0.05, 0.1) is 0 Å². The van der Waals surface area contributed by atoms with E-state index >= 15 is 0 Å². The van der Waals surface area contributed by atoms with E-state index in [-0.39, 0.29) is 5.75 Å². The van der Waals surface area contributed by atoms with Crippen molar-refractivity contribution in [1.82, 2.24) is 14.6 Å². The summed E-state index contributed by atoms with van der Waals surface area (Å²) in [5.41, 5.74) is 2.16. The lowest BCUT2D eigenvalue weighted by atomic mass is 10.1. The number of fused-ring (bicyclic) bond motifs is 1. The highest BCUT2D eigenvalue weighted by molar-refractivity contribution is 5.76. The van der Waals surface area contributed by atoms with Gasteiger partial charge in [0.1, 0.15) is 17.9 Å². The Balaban J connectivity index is 1.99. The SMILES string of the molecule is O=Cc1ccn2c(Cc3cccc(O)c3)nnc2c1. The van der Waals surface area contributed by atoms with E-state index in [4.69, 9.17) is 0 Å². The van der Waals surface area contributed by atoms with Gasteiger partial charge in [0.15, 0.2) is 5.65 Å². The molecule has 0 saturated heterocycles. The third-order valence-electron chi connectivity index (χ3n) is 2.91. The number of rotatable bonds is 3. The molecule has 0 saturated carbocycles. The van der Waals surface area contributed by atoms with Crippen molar-refractivity contribution in [2.24, 2.45) is 0 Å². The Hall–Kier alpha value is -2.69. The molecule has 0 unspecified atom stereocenters. The van der Waals surface area contributed by atoms with Crippen LogP contribution in [0, 0.1) is 0 Å². The monoisotopic (exact) mass is 253 g/mol. The molecular weight excluding hydrogens is 242 g/mol. The number of nitrogens with zero attached hydrogens (tertiary/aromatic N) is 3. The van der Waals surface area contributed by atoms with Crippen LogP contribution in [0.15, 0.2) is 42.6 Å². The smallest absolute Gasteiger partial charge is 0.161 e. The highest BCUT2D eigenvalue weighted by Crippen LogP contribution is 2.15. The lowest BCUT2D eigenvalue weighted by molar-refractivity contribution is 0.112. The van der Waals surface area contributed by atoms with Crippen LogP contribution in [0.3, 0.4) is 0 Å². The molecule has 3 aromatic rings. The Morgan fingerprint density at radius 3 is 2.89 bits per heavy atom. The van der Waals surface area contributed by atoms with Gasteiger partial charge in [-0.25, -0.2) is 0 Å². The third-order valence-corrected chi connectivity index (χ3v) is 2.91. The molecule has 0 aliphatic heterocycles. The molecule has 19 heavy (non-hydrogen) atoms. The van der Waals surface area contributed by atoms with Crippen LogP contribution in [-0.2, 0) is 6.42 Å². The molecule has 3 rings (SSSR count). The standard InChI is InChI=1S/C14H11N3O2/c18-9-11-4-5-17-13(15-16-14(17)8-11)7-10-2-1-3-12(19)6-10/h1-6,8-9,19H,7H2. The number of benzene rings is 1. The number of hydrogen-bond donors (Lipinski definition) is 1. The molecule has 0 amide bonds. The predicted molar refractivity (Wildman–Crippen MR) is 69.3 cm³/mol. The van der Waals surface area contributed by atoms with Crippen molar-refractivity contribution < 1.29 is 9.90 Å². The summed E-state index contributed by atoms with van der Waals surface area (Å²) in [6.07, 6.45) is 3.12. The van der Waals surface area contributed by atoms with Crippen LogP contribution in [-0.4, -0.2) is 26.0 Å². The maximum absolute atomic E-state index is 10.7. The van der Waals surface area contributed by atoms with Gasteiger partial charge >= 0.3 is 0 Å². The molecule has 0 aliphatic carbocycles. The average Bonchev–Trinajstić information content (AvgIpc) is 2.81. The fraction of sp³-hybridized carbons (Fsp3) is 0.0714. The largest absolute Gasteiger partial charge is 0.508 e. The molecule has 0 atom stereocenters. The van der Waals surface area contributed by atoms with Gasteiger partial charge in [0.25, 0.3) is 0 Å². The molecule has 2 aromatic heterocycles. The summed E-state index contributed by atoms with van der Waals surface area (Å²) in [7, 11) is 0. The number of aromatic hydroxyl groups is 1. The summed E-state index contributed by atoms with van der Waals surface area (Å²) in [6.45, 7) is 0. The maximum Gasteiger partial charge on any atom is 0.161 e. The van der Waals surface area contributed by atoms with E-state index in [9.17, 15) is 9.90 Å². The second-order valence-corrected chi connectivity index (χ2v) is 4.27. The molecule has 5 heteroatoms. The van der Waals surface area contributed by atoms with Gasteiger partial charge < -0.3 is 5.11 Å². The number of pyridine rings is 1. The molecule has 1 N–H and O–H groups in total. The fourth-order valence-corrected chi connectivity index (χ4v) is 2.00. The number of hydrogen-bond acceptors (Lipinski definition) is 4. The number of carbonyl (C=O) groups excluding carboxylic acids is 1. The van der Waals surface area contributed by atoms with Crippen LogP contribution in [0.25, 0.3) is 5.65 Å². The van der Waals surface area contributed by atoms with E-state index in [1.165, 1.54) is 0 Å². The van der Waals surface area contributed by atoms with Gasteiger partial charge in [-0.15, -0.1) is 10.2 Å². The zero-order valence-corrected chi connectivity index (χ0v) is 10.0. The first-order valence-electron chi connectivity index (χ1n) is 5.83. The number of carbonyl (C=O) groups is 1. The third kappa shape index (κ3) is 2.18. The van der Waals surface area contributed by atoms with Gasteiger partial charge in [-0.2, -0.15) is 0 Å². The van der Waals surface area contributed by atoms with Gasteiger partial charge in [0, 0.05) is 18.2 Å². The summed E-state index contributed by atoms with van der Waals surface area (Å²) in [4.78, 5) is 10.7. The van der Waals surface area contributed by atoms with Gasteiger partial charge in [-0.1, -0.05) is 12.1 Å². The summed E-state index contributed by atoms with van der Waals surface area (Å²) in [5.74, 6) is 0.993. The molecule has 0 aliphatic rings. The minimum absolute atomic E-state index is 0.231. The van der Waals surface area contributed by atoms with E-state index in [0.29, 0.717) is 17.6 Å². The average molecular weight is 253 g/mol. The first-order chi connectivity index (χ1) is 9.26. The Morgan fingerprint density at radius 1 is 1.21 bits per heavy atom. The van der Waals surface area contributed by atoms with E-state index < -0.39 is 0 Å². The second-order valence-electron chi connectivity index (χ2n) is 4.27. The molecule has 0 fully saturated rings. The van der Waals surface area contributed by atoms with Crippen molar-refractivity contribution in [1.29, 1.82) is 0 Å². The molecule has 1 aromatic carbocycles. The fourth-order valence-electron chi connectivity index (χ4n) is 2.00. The molecule has 0 radical (unpaired) electrons. The molecule has 0 spiro atoms. The molecule has 5 nitrogen and oxygen atoms in total. The van der Waals surface area contributed by atoms with Crippen LogP contribution in [0.4, 0.5) is 0 Å². The van der Waals surface area contributed by atoms with E-state index in [0.717, 1.165) is 17.7 Å². The van der Waals surface area contributed by atoms with Crippen LogP contribution >= 0.6 is 0 Å². The second kappa shape index (κ2) is 4.53. The molecular formula is C14H11N3O2. The maximum atomic E-state index is 10.7. The van der Waals surface area contributed by atoms with E-state index in [1.54, 1.807) is 36.5 Å². The normalized spacial score (nSPS) is 10.7. The number of aromatic nitrogens is 3. The van der Waals surface area contributed by atoms with Crippen LogP contribution in [0.1, 0.15) is 21.7 Å². The Kier molecular flexibility index (Phi) is 2.72. The first-order valence-corrected chi connectivity index (χ1v) is 5.83. The summed E-state index contributed by atoms with van der Waals surface area (Å²) in [6, 6.07) is 10.4. The number of aldehydes is 1. The number of phenols is 1. The Bertz CT molecular complexity index is 749. The lowest BCUT2D eigenvalue weighted by Crippen LogP contribution is -1.96. The Labute approximate surface area is 109 Å². The topological polar surface area (TPSA) is 67.5 Å². The first kappa shape index (κ1) is 11.4. The number of phenolic OH excluding ortho intramolecular Hbond substituents is 1. The van der Waals surface area contributed by atoms with Crippen LogP contribution in [0.2, 0.25) is 0 Å². The highest BCUT2D eigenvalue weighted by Gasteiger charge is 2.07. The molecule has 2 heterocycles. The van der Waals surface area contributed by atoms with E-state index in [2.05, 4.69) is 10.2 Å². The summed E-state index contributed by atoms with van der Waals surface area (Å²) in [5, 5.41) is 17.6. The summed E-state index contributed by atoms with van der Waals surface area (Å²) >= 11 is 0. The zero-order valence-electron chi connectivity index (χ0n) is 10.0. The van der Waals surface area contributed by atoms with Crippen molar-refractivity contribution in [2.75, 3.05) is 0 Å². The minimum atomic E-state index is 0.231. The van der Waals surface area contributed by atoms with Crippen LogP contribution in [0.5, 0.6) is 5.75 Å². The van der Waals surface area contributed by atoms with Crippen molar-refractivity contribution in [3.05, 3.63) is 59.5 Å². The van der Waals surface area contributed by atoms with Gasteiger partial charge in [-0.3, -0.25) is 9.20 Å². The Morgan fingerprint density at radius 2 is 2.11 bits per heavy atom. The van der Waals surface area contributed by atoms with Crippen molar-refractivity contribution in [3.8, 4) is 5.75 Å². The highest BCUT2D eigenvalue weighted by atomic mass is 16.3. The van der Waals surface area contributed by atoms with Gasteiger partial charge in [0.2, 0.25) is 0 Å². The molecule has 0 bridgehead atoms. The van der Waals surface area contributed by atoms with E-state index in [1.807, 2.05) is 10.5 Å². The minimum Gasteiger partial charge on any atom is -0.508 e. The lowest BCUT2D eigenvalue weighted by Gasteiger charge is -2.01. The zero-order chi connectivity index (χ0) is 13.2. The molecule has 94 valence electrons. The van der Waals surface area contributed by atoms with Gasteiger partial charge in [-0.05, 0) is 29.8 Å². The summed E-state index contributed by atoms with van der Waals surface area (Å²) < 4.78 is 1.83. The quantitative estimate of drug-likeness (QED) is 0.723. The predicted octanol–water partition coefficient (Wildman–Crippen LogP) is 1.84. The van der Waals surface area contributed by atoms with Crippen LogP contribution < -0.4 is 0 Å². The van der Waals surface area contributed by atoms with Crippen molar-refractivity contribution >= 4 is 11.9 Å². The van der Waals surface area contributed by atoms with Crippen molar-refractivity contribution in [2.45, 2.75) is 6.42 Å².